The number of rotatable bonds is 5. The quantitative estimate of drug-likeness (QED) is 0.468. The number of carbonyl (C=O) groups is 2. The van der Waals surface area contributed by atoms with Gasteiger partial charge in [-0.3, -0.25) is 20.1 Å². The summed E-state index contributed by atoms with van der Waals surface area (Å²) in [5.41, 5.74) is -1.52. The van der Waals surface area contributed by atoms with Crippen molar-refractivity contribution in [3.63, 3.8) is 0 Å². The van der Waals surface area contributed by atoms with E-state index in [1.165, 1.54) is 11.9 Å². The Balaban J connectivity index is 1.68. The van der Waals surface area contributed by atoms with Gasteiger partial charge < -0.3 is 15.0 Å². The average molecular weight is 458 g/mol. The maximum Gasteiger partial charge on any atom is 0.459 e. The number of nitrogens with zero attached hydrogens (tertiary/aromatic N) is 3. The molecule has 2 heterocycles. The summed E-state index contributed by atoms with van der Waals surface area (Å²) < 4.78 is 68.5. The number of carbonyl (C=O) groups excluding carboxylic acids is 2. The number of alkyl halides is 5. The molecule has 32 heavy (non-hydrogen) atoms. The zero-order valence-electron chi connectivity index (χ0n) is 16.2. The molecule has 0 saturated heterocycles. The number of hydrogen-bond donors (Lipinski definition) is 3. The van der Waals surface area contributed by atoms with Crippen LogP contribution in [-0.2, 0) is 4.79 Å². The fourth-order valence-corrected chi connectivity index (χ4v) is 2.65. The summed E-state index contributed by atoms with van der Waals surface area (Å²) in [6.45, 7) is -0.188. The Morgan fingerprint density at radius 2 is 2.00 bits per heavy atom. The van der Waals surface area contributed by atoms with E-state index >= 15 is 0 Å². The molecule has 1 aromatic carbocycles. The number of halogens is 5. The lowest BCUT2D eigenvalue weighted by atomic mass is 10.2. The van der Waals surface area contributed by atoms with Gasteiger partial charge in [0, 0.05) is 7.05 Å². The van der Waals surface area contributed by atoms with Crippen molar-refractivity contribution in [2.75, 3.05) is 18.6 Å². The molecule has 0 aliphatic carbocycles. The summed E-state index contributed by atoms with van der Waals surface area (Å²) in [7, 11) is 1.50. The van der Waals surface area contributed by atoms with Gasteiger partial charge in [-0.05, 0) is 24.3 Å². The van der Waals surface area contributed by atoms with Gasteiger partial charge in [0.25, 0.3) is 11.8 Å². The summed E-state index contributed by atoms with van der Waals surface area (Å²) in [4.78, 5) is 29.9. The van der Waals surface area contributed by atoms with E-state index in [9.17, 15) is 31.5 Å². The fraction of sp³-hybridized carbons (Fsp3) is 0.278. The minimum absolute atomic E-state index is 0.185. The number of likely N-dealkylation sites (N-methyl/N-ethyl adjacent to an activating group) is 1. The van der Waals surface area contributed by atoms with Crippen LogP contribution in [0, 0.1) is 5.41 Å². The molecule has 0 fully saturated rings. The first kappa shape index (κ1) is 22.8. The van der Waals surface area contributed by atoms with Crippen LogP contribution in [0.3, 0.4) is 0 Å². The van der Waals surface area contributed by atoms with Gasteiger partial charge in [-0.15, -0.1) is 5.10 Å². The molecule has 9 nitrogen and oxygen atoms in total. The van der Waals surface area contributed by atoms with Crippen LogP contribution in [0.5, 0.6) is 5.75 Å². The SMILES string of the molecule is CN1C(=O)[C@@H](NC(=O)c2n[nH]c(/C=C\C(=N)C(F)(F)C(F)(F)F)n2)COc2ccccc21. The van der Waals surface area contributed by atoms with Crippen molar-refractivity contribution in [2.45, 2.75) is 18.1 Å². The third-order valence-corrected chi connectivity index (χ3v) is 4.37. The van der Waals surface area contributed by atoms with Gasteiger partial charge in [-0.1, -0.05) is 12.1 Å². The Hall–Kier alpha value is -3.84. The number of aromatic amines is 1. The number of ether oxygens (including phenoxy) is 1. The molecule has 2 amide bonds. The molecule has 0 bridgehead atoms. The lowest BCUT2D eigenvalue weighted by Gasteiger charge is -2.19. The van der Waals surface area contributed by atoms with E-state index in [1.807, 2.05) is 0 Å². The van der Waals surface area contributed by atoms with Gasteiger partial charge in [-0.25, -0.2) is 4.98 Å². The second kappa shape index (κ2) is 8.36. The Kier molecular flexibility index (Phi) is 5.96. The van der Waals surface area contributed by atoms with E-state index < -0.39 is 41.5 Å². The van der Waals surface area contributed by atoms with Crippen LogP contribution in [0.25, 0.3) is 6.08 Å². The highest BCUT2D eigenvalue weighted by atomic mass is 19.4. The van der Waals surface area contributed by atoms with Crippen LogP contribution >= 0.6 is 0 Å². The van der Waals surface area contributed by atoms with Crippen LogP contribution in [0.4, 0.5) is 27.6 Å². The largest absolute Gasteiger partial charge is 0.489 e. The number of amides is 2. The van der Waals surface area contributed by atoms with Crippen LogP contribution in [-0.4, -0.2) is 64.5 Å². The molecule has 1 atom stereocenters. The van der Waals surface area contributed by atoms with Crippen molar-refractivity contribution < 1.29 is 36.3 Å². The van der Waals surface area contributed by atoms with Crippen molar-refractivity contribution in [3.8, 4) is 5.75 Å². The summed E-state index contributed by atoms with van der Waals surface area (Å²) in [6.07, 6.45) is -5.11. The number of hydrogen-bond acceptors (Lipinski definition) is 6. The summed E-state index contributed by atoms with van der Waals surface area (Å²) in [5, 5.41) is 15.0. The normalized spacial score (nSPS) is 17.0. The maximum absolute atomic E-state index is 13.1. The van der Waals surface area contributed by atoms with Crippen LogP contribution < -0.4 is 15.0 Å². The van der Waals surface area contributed by atoms with Gasteiger partial charge in [-0.2, -0.15) is 22.0 Å². The van der Waals surface area contributed by atoms with Crippen LogP contribution in [0.2, 0.25) is 0 Å². The second-order valence-corrected chi connectivity index (χ2v) is 6.57. The number of fused-ring (bicyclic) bond motifs is 1. The minimum Gasteiger partial charge on any atom is -0.489 e. The van der Waals surface area contributed by atoms with Crippen molar-refractivity contribution in [3.05, 3.63) is 42.0 Å². The lowest BCUT2D eigenvalue weighted by molar-refractivity contribution is -0.249. The van der Waals surface area contributed by atoms with Crippen LogP contribution in [0.15, 0.2) is 30.3 Å². The Labute approximate surface area is 176 Å². The molecule has 14 heteroatoms. The fourth-order valence-electron chi connectivity index (χ4n) is 2.65. The highest BCUT2D eigenvalue weighted by Crippen LogP contribution is 2.36. The second-order valence-electron chi connectivity index (χ2n) is 6.57. The lowest BCUT2D eigenvalue weighted by Crippen LogP contribution is -2.49. The van der Waals surface area contributed by atoms with E-state index in [0.717, 1.165) is 0 Å². The highest BCUT2D eigenvalue weighted by molar-refractivity contribution is 6.03. The summed E-state index contributed by atoms with van der Waals surface area (Å²) >= 11 is 0. The molecule has 1 aliphatic rings. The molecular weight excluding hydrogens is 443 g/mol. The first-order chi connectivity index (χ1) is 14.9. The minimum atomic E-state index is -5.93. The molecule has 0 spiro atoms. The molecule has 3 rings (SSSR count). The standard InChI is InChI=1S/C18H15F5N6O3/c1-29-10-4-2-3-5-11(10)32-8-9(16(29)31)25-15(30)14-26-13(27-28-14)7-6-12(24)17(19,20)18(21,22)23/h2-7,9,24H,8H2,1H3,(H,25,30)(H,26,27,28)/b7-6-,24-12?/t9-/m0/s1. The number of allylic oxidation sites excluding steroid dienone is 1. The van der Waals surface area contributed by atoms with Gasteiger partial charge in [0.1, 0.15) is 29.9 Å². The monoisotopic (exact) mass is 458 g/mol. The first-order valence-electron chi connectivity index (χ1n) is 8.86. The van der Waals surface area contributed by atoms with Crippen molar-refractivity contribution >= 4 is 29.3 Å². The van der Waals surface area contributed by atoms with Gasteiger partial charge in [0.15, 0.2) is 0 Å². The predicted molar refractivity (Wildman–Crippen MR) is 101 cm³/mol. The Morgan fingerprint density at radius 3 is 2.69 bits per heavy atom. The van der Waals surface area contributed by atoms with E-state index in [1.54, 1.807) is 24.3 Å². The zero-order chi connectivity index (χ0) is 23.7. The number of para-hydroxylation sites is 2. The highest BCUT2D eigenvalue weighted by Gasteiger charge is 2.60. The molecule has 3 N–H and O–H groups in total. The van der Waals surface area contributed by atoms with Gasteiger partial charge in [0.05, 0.1) is 5.69 Å². The Bertz CT molecular complexity index is 1080. The molecule has 0 radical (unpaired) electrons. The topological polar surface area (TPSA) is 124 Å². The average Bonchev–Trinajstić information content (AvgIpc) is 3.18. The molecule has 2 aromatic rings. The van der Waals surface area contributed by atoms with Crippen molar-refractivity contribution in [2.24, 2.45) is 0 Å². The van der Waals surface area contributed by atoms with E-state index in [0.29, 0.717) is 17.5 Å². The number of anilines is 1. The number of aromatic nitrogens is 3. The van der Waals surface area contributed by atoms with E-state index in [-0.39, 0.29) is 18.5 Å². The van der Waals surface area contributed by atoms with Gasteiger partial charge >= 0.3 is 12.1 Å². The molecule has 0 unspecified atom stereocenters. The molecular formula is C18H15F5N6O3. The smallest absolute Gasteiger partial charge is 0.459 e. The first-order valence-corrected chi connectivity index (χ1v) is 8.86. The summed E-state index contributed by atoms with van der Waals surface area (Å²) in [5.74, 6) is -7.18. The van der Waals surface area contributed by atoms with Crippen molar-refractivity contribution in [1.29, 1.82) is 5.41 Å². The molecule has 170 valence electrons. The van der Waals surface area contributed by atoms with E-state index in [4.69, 9.17) is 10.1 Å². The zero-order valence-corrected chi connectivity index (χ0v) is 16.2. The molecule has 1 aromatic heterocycles. The predicted octanol–water partition coefficient (Wildman–Crippen LogP) is 2.19. The van der Waals surface area contributed by atoms with Gasteiger partial charge in [0.2, 0.25) is 5.82 Å². The number of nitrogens with one attached hydrogen (secondary N) is 3. The third kappa shape index (κ3) is 4.43. The Morgan fingerprint density at radius 1 is 1.31 bits per heavy atom. The number of H-pyrrole nitrogens is 1. The van der Waals surface area contributed by atoms with Crippen molar-refractivity contribution in [1.82, 2.24) is 20.5 Å². The molecule has 0 saturated carbocycles. The van der Waals surface area contributed by atoms with Crippen LogP contribution in [0.1, 0.15) is 16.4 Å². The summed E-state index contributed by atoms with van der Waals surface area (Å²) in [6, 6.07) is 5.62. The number of benzene rings is 1. The third-order valence-electron chi connectivity index (χ3n) is 4.37. The molecule has 1 aliphatic heterocycles. The maximum atomic E-state index is 13.1. The van der Waals surface area contributed by atoms with E-state index in [2.05, 4.69) is 20.5 Å².